The highest BCUT2D eigenvalue weighted by atomic mass is 32.1. The minimum atomic E-state index is -1.31. The summed E-state index contributed by atoms with van der Waals surface area (Å²) >= 11 is 8.34. The summed E-state index contributed by atoms with van der Waals surface area (Å²) in [6.45, 7) is 1.35. The fourth-order valence-electron chi connectivity index (χ4n) is 6.60. The second-order valence-corrected chi connectivity index (χ2v) is 15.5. The molecule has 0 saturated heterocycles. The smallest absolute Gasteiger partial charge is 0.243 e. The SMILES string of the molecule is CC(=O)N[C@@H](CCS)C(=O)N[C@@H](Cc1cnc[nH]1)C(=O)N[C@@H](Cc1ccccc1)C(=O)N[C@@H](CCCN=C(N)N)C(=O)N[C@@H](Cc1c[nH]c2ccccc12)C(=O)N[C@@H](CS)C(N)=O. The predicted octanol–water partition coefficient (Wildman–Crippen LogP) is -1.36. The summed E-state index contributed by atoms with van der Waals surface area (Å²) in [7, 11) is 0. The van der Waals surface area contributed by atoms with E-state index in [1.807, 2.05) is 24.3 Å². The van der Waals surface area contributed by atoms with Crippen LogP contribution < -0.4 is 49.1 Å². The lowest BCUT2D eigenvalue weighted by Crippen LogP contribution is -2.60. The van der Waals surface area contributed by atoms with Crippen molar-refractivity contribution >= 4 is 83.5 Å². The normalized spacial score (nSPS) is 13.8. The molecule has 2 aromatic heterocycles. The van der Waals surface area contributed by atoms with Gasteiger partial charge < -0.3 is 59.1 Å². The molecule has 20 nitrogen and oxygen atoms in total. The number of nitrogens with zero attached hydrogens (tertiary/aromatic N) is 2. The lowest BCUT2D eigenvalue weighted by Gasteiger charge is -2.27. The van der Waals surface area contributed by atoms with Crippen LogP contribution in [0.5, 0.6) is 0 Å². The number of fused-ring (bicyclic) bond motifs is 1. The number of aliphatic imine (C=N–C) groups is 1. The number of imidazole rings is 1. The molecule has 0 radical (unpaired) electrons. The molecule has 2 heterocycles. The Kier molecular flexibility index (Phi) is 19.3. The summed E-state index contributed by atoms with van der Waals surface area (Å²) < 4.78 is 0. The standard InChI is InChI=1S/C41H55N13O7S2/c1-23(55)49-30(13-15-62)37(58)53-33(18-26-20-45-22-48-26)40(61)51-31(16-24-8-3-2-4-9-24)38(59)50-29(12-7-14-46-41(43)44)36(57)52-32(39(60)54-34(21-63)35(42)56)17-25-19-47-28-11-6-5-10-27(25)28/h2-6,8-11,19-20,22,29-34,47,62-63H,7,12-18,21H2,1H3,(H2,42,56)(H,45,48)(H,49,55)(H,50,59)(H,51,61)(H,52,57)(H,53,58)(H,54,60)(H4,43,44,46)/t29-,30-,31-,32-,33-,34-/m0/s1. The van der Waals surface area contributed by atoms with E-state index in [0.29, 0.717) is 16.8 Å². The fourth-order valence-corrected chi connectivity index (χ4v) is 7.13. The molecule has 0 spiro atoms. The van der Waals surface area contributed by atoms with E-state index in [1.165, 1.54) is 19.4 Å². The summed E-state index contributed by atoms with van der Waals surface area (Å²) in [4.78, 5) is 108. The third-order valence-corrected chi connectivity index (χ3v) is 10.4. The van der Waals surface area contributed by atoms with Crippen LogP contribution in [0, 0.1) is 0 Å². The first-order valence-electron chi connectivity index (χ1n) is 20.1. The van der Waals surface area contributed by atoms with Gasteiger partial charge in [0, 0.05) is 67.5 Å². The van der Waals surface area contributed by atoms with Gasteiger partial charge in [-0.05, 0) is 42.2 Å². The molecule has 0 unspecified atom stereocenters. The quantitative estimate of drug-likeness (QED) is 0.0160. The number of carbonyl (C=O) groups excluding carboxylic acids is 7. The van der Waals surface area contributed by atoms with Crippen molar-refractivity contribution in [1.29, 1.82) is 0 Å². The summed E-state index contributed by atoms with van der Waals surface area (Å²) in [6.07, 6.45) is 4.81. The summed E-state index contributed by atoms with van der Waals surface area (Å²) in [5.74, 6) is -4.98. The van der Waals surface area contributed by atoms with Crippen LogP contribution in [0.1, 0.15) is 43.0 Å². The summed E-state index contributed by atoms with van der Waals surface area (Å²) in [6, 6.07) is 8.86. The molecule has 7 amide bonds. The highest BCUT2D eigenvalue weighted by Gasteiger charge is 2.34. The van der Waals surface area contributed by atoms with Crippen molar-refractivity contribution in [1.82, 2.24) is 46.9 Å². The number of thiol groups is 2. The Morgan fingerprint density at radius 1 is 0.667 bits per heavy atom. The molecule has 22 heteroatoms. The molecule has 338 valence electrons. The number of primary amides is 1. The monoisotopic (exact) mass is 905 g/mol. The number of guanidine groups is 1. The molecule has 4 rings (SSSR count). The Labute approximate surface area is 374 Å². The van der Waals surface area contributed by atoms with Crippen LogP contribution >= 0.6 is 25.3 Å². The van der Waals surface area contributed by atoms with E-state index in [0.717, 1.165) is 10.9 Å². The maximum absolute atomic E-state index is 14.4. The van der Waals surface area contributed by atoms with Crippen molar-refractivity contribution in [3.05, 3.63) is 90.1 Å². The Morgan fingerprint density at radius 2 is 1.22 bits per heavy atom. The fraction of sp³-hybridized carbons (Fsp3) is 0.390. The van der Waals surface area contributed by atoms with Crippen LogP contribution in [0.25, 0.3) is 10.9 Å². The Bertz CT molecular complexity index is 2200. The number of carbonyl (C=O) groups is 7. The van der Waals surface area contributed by atoms with E-state index in [1.54, 1.807) is 36.5 Å². The first kappa shape index (κ1) is 49.1. The molecular formula is C41H55N13O7S2. The number of amides is 7. The molecule has 2 aromatic carbocycles. The molecule has 0 fully saturated rings. The Balaban J connectivity index is 1.65. The van der Waals surface area contributed by atoms with E-state index in [9.17, 15) is 33.6 Å². The number of hydrogen-bond acceptors (Lipinski definition) is 11. The number of benzene rings is 2. The second kappa shape index (κ2) is 24.8. The van der Waals surface area contributed by atoms with Crippen LogP contribution in [0.2, 0.25) is 0 Å². The average molecular weight is 906 g/mol. The number of aromatic amines is 2. The van der Waals surface area contributed by atoms with Crippen molar-refractivity contribution in [3.63, 3.8) is 0 Å². The van der Waals surface area contributed by atoms with Crippen LogP contribution in [-0.4, -0.2) is 117 Å². The largest absolute Gasteiger partial charge is 0.370 e. The van der Waals surface area contributed by atoms with E-state index < -0.39 is 77.6 Å². The van der Waals surface area contributed by atoms with Crippen LogP contribution in [-0.2, 0) is 52.8 Å². The first-order valence-corrected chi connectivity index (χ1v) is 21.4. The predicted molar refractivity (Wildman–Crippen MR) is 243 cm³/mol. The maximum Gasteiger partial charge on any atom is 0.243 e. The summed E-state index contributed by atoms with van der Waals surface area (Å²) in [5.41, 5.74) is 19.2. The zero-order valence-electron chi connectivity index (χ0n) is 34.6. The average Bonchev–Trinajstić information content (AvgIpc) is 3.92. The third kappa shape index (κ3) is 15.7. The zero-order valence-corrected chi connectivity index (χ0v) is 36.4. The van der Waals surface area contributed by atoms with Gasteiger partial charge in [0.25, 0.3) is 0 Å². The lowest BCUT2D eigenvalue weighted by atomic mass is 10.0. The van der Waals surface area contributed by atoms with E-state index in [2.05, 4.69) is 77.1 Å². The van der Waals surface area contributed by atoms with Crippen molar-refractivity contribution < 1.29 is 33.6 Å². The van der Waals surface area contributed by atoms with Gasteiger partial charge in [-0.1, -0.05) is 48.5 Å². The van der Waals surface area contributed by atoms with Gasteiger partial charge in [-0.15, -0.1) is 0 Å². The highest BCUT2D eigenvalue weighted by Crippen LogP contribution is 2.20. The number of H-pyrrole nitrogens is 2. The Hall–Kier alpha value is -6.55. The summed E-state index contributed by atoms with van der Waals surface area (Å²) in [5, 5.41) is 16.9. The highest BCUT2D eigenvalue weighted by molar-refractivity contribution is 7.80. The molecule has 14 N–H and O–H groups in total. The Morgan fingerprint density at radius 3 is 1.79 bits per heavy atom. The first-order chi connectivity index (χ1) is 30.2. The van der Waals surface area contributed by atoms with Gasteiger partial charge in [0.15, 0.2) is 5.96 Å². The zero-order chi connectivity index (χ0) is 45.9. The van der Waals surface area contributed by atoms with E-state index >= 15 is 0 Å². The number of nitrogens with two attached hydrogens (primary N) is 3. The number of para-hydroxylation sites is 1. The lowest BCUT2D eigenvalue weighted by molar-refractivity contribution is -0.135. The molecule has 0 saturated carbocycles. The van der Waals surface area contributed by atoms with Gasteiger partial charge in [0.2, 0.25) is 41.4 Å². The van der Waals surface area contributed by atoms with Crippen LogP contribution in [0.4, 0.5) is 0 Å². The van der Waals surface area contributed by atoms with Crippen molar-refractivity contribution in [3.8, 4) is 0 Å². The molecule has 63 heavy (non-hydrogen) atoms. The van der Waals surface area contributed by atoms with Crippen LogP contribution in [0.15, 0.2) is 78.3 Å². The number of hydrogen-bond donors (Lipinski definition) is 13. The molecule has 4 aromatic rings. The third-order valence-electron chi connectivity index (χ3n) is 9.79. The molecule has 0 aliphatic rings. The van der Waals surface area contributed by atoms with E-state index in [4.69, 9.17) is 17.2 Å². The van der Waals surface area contributed by atoms with E-state index in [-0.39, 0.29) is 62.5 Å². The molecular weight excluding hydrogens is 851 g/mol. The minimum Gasteiger partial charge on any atom is -0.370 e. The number of aromatic nitrogens is 3. The van der Waals surface area contributed by atoms with Crippen LogP contribution in [0.3, 0.4) is 0 Å². The molecule has 0 bridgehead atoms. The van der Waals surface area contributed by atoms with Gasteiger partial charge in [-0.2, -0.15) is 25.3 Å². The molecule has 0 aliphatic carbocycles. The number of rotatable bonds is 25. The van der Waals surface area contributed by atoms with Crippen molar-refractivity contribution in [2.24, 2.45) is 22.2 Å². The second-order valence-electron chi connectivity index (χ2n) is 14.6. The molecule has 6 atom stereocenters. The maximum atomic E-state index is 14.4. The molecule has 0 aliphatic heterocycles. The van der Waals surface area contributed by atoms with Gasteiger partial charge in [-0.3, -0.25) is 38.6 Å². The van der Waals surface area contributed by atoms with Crippen molar-refractivity contribution in [2.75, 3.05) is 18.1 Å². The minimum absolute atomic E-state index is 0.0173. The van der Waals surface area contributed by atoms with Gasteiger partial charge in [-0.25, -0.2) is 4.98 Å². The topological polar surface area (TPSA) is 327 Å². The van der Waals surface area contributed by atoms with Gasteiger partial charge >= 0.3 is 0 Å². The van der Waals surface area contributed by atoms with Gasteiger partial charge in [0.05, 0.1) is 6.33 Å². The van der Waals surface area contributed by atoms with Gasteiger partial charge in [0.1, 0.15) is 36.3 Å². The number of nitrogens with one attached hydrogen (secondary N) is 8. The van der Waals surface area contributed by atoms with Crippen molar-refractivity contribution in [2.45, 2.75) is 81.7 Å².